The summed E-state index contributed by atoms with van der Waals surface area (Å²) in [5, 5.41) is 10.8. The lowest BCUT2D eigenvalue weighted by Crippen LogP contribution is -2.57. The molecule has 0 heterocycles. The molecule has 7 atom stereocenters. The normalized spacial score (nSPS) is 58.6. The second kappa shape index (κ2) is 4.48. The maximum atomic E-state index is 10.8. The summed E-state index contributed by atoms with van der Waals surface area (Å²) in [5.74, 6) is 3.56. The fourth-order valence-corrected chi connectivity index (χ4v) is 7.31. The Morgan fingerprint density at radius 3 is 2.50 bits per heavy atom. The molecule has 114 valence electrons. The van der Waals surface area contributed by atoms with Crippen LogP contribution in [0, 0.1) is 34.5 Å². The van der Waals surface area contributed by atoms with Crippen LogP contribution in [0.3, 0.4) is 0 Å². The number of rotatable bonds is 0. The van der Waals surface area contributed by atoms with Gasteiger partial charge in [0, 0.05) is 0 Å². The van der Waals surface area contributed by atoms with Crippen LogP contribution in [0.5, 0.6) is 0 Å². The molecule has 0 aromatic rings. The van der Waals surface area contributed by atoms with Crippen molar-refractivity contribution in [2.75, 3.05) is 0 Å². The Bertz CT molecular complexity index is 391. The Hall–Kier alpha value is -0.0400. The Labute approximate surface area is 124 Å². The highest BCUT2D eigenvalue weighted by Gasteiger charge is 2.59. The second-order valence-corrected chi connectivity index (χ2v) is 9.05. The summed E-state index contributed by atoms with van der Waals surface area (Å²) in [4.78, 5) is 0. The molecule has 0 radical (unpaired) electrons. The third kappa shape index (κ3) is 1.65. The zero-order chi connectivity index (χ0) is 14.0. The monoisotopic (exact) mass is 276 g/mol. The molecule has 0 saturated heterocycles. The minimum Gasteiger partial charge on any atom is -0.393 e. The fourth-order valence-electron chi connectivity index (χ4n) is 7.31. The molecule has 0 bridgehead atoms. The van der Waals surface area contributed by atoms with Crippen LogP contribution in [-0.4, -0.2) is 11.2 Å². The first-order valence-electron chi connectivity index (χ1n) is 9.24. The first-order chi connectivity index (χ1) is 9.56. The van der Waals surface area contributed by atoms with E-state index in [-0.39, 0.29) is 11.5 Å². The molecule has 0 spiro atoms. The highest BCUT2D eigenvalue weighted by atomic mass is 16.3. The summed E-state index contributed by atoms with van der Waals surface area (Å²) in [7, 11) is 0. The van der Waals surface area contributed by atoms with Crippen molar-refractivity contribution in [3.63, 3.8) is 0 Å². The van der Waals surface area contributed by atoms with E-state index in [4.69, 9.17) is 0 Å². The summed E-state index contributed by atoms with van der Waals surface area (Å²) in [6, 6.07) is 0. The average Bonchev–Trinajstić information content (AvgIpc) is 2.82. The van der Waals surface area contributed by atoms with Gasteiger partial charge in [-0.3, -0.25) is 0 Å². The zero-order valence-electron chi connectivity index (χ0n) is 13.4. The van der Waals surface area contributed by atoms with E-state index in [0.29, 0.717) is 5.41 Å². The van der Waals surface area contributed by atoms with E-state index in [2.05, 4.69) is 13.8 Å². The van der Waals surface area contributed by atoms with Gasteiger partial charge >= 0.3 is 0 Å². The molecule has 0 aromatic heterocycles. The zero-order valence-corrected chi connectivity index (χ0v) is 13.4. The van der Waals surface area contributed by atoms with Crippen molar-refractivity contribution in [1.82, 2.24) is 0 Å². The summed E-state index contributed by atoms with van der Waals surface area (Å²) < 4.78 is 0. The lowest BCUT2D eigenvalue weighted by atomic mass is 9.45. The van der Waals surface area contributed by atoms with Crippen molar-refractivity contribution >= 4 is 0 Å². The minimum atomic E-state index is -0.0141. The van der Waals surface area contributed by atoms with Crippen LogP contribution >= 0.6 is 0 Å². The van der Waals surface area contributed by atoms with E-state index in [1.165, 1.54) is 57.8 Å². The van der Waals surface area contributed by atoms with Gasteiger partial charge in [0.25, 0.3) is 0 Å². The molecule has 0 aliphatic heterocycles. The van der Waals surface area contributed by atoms with E-state index in [9.17, 15) is 5.11 Å². The van der Waals surface area contributed by atoms with Crippen LogP contribution in [0.4, 0.5) is 0 Å². The fraction of sp³-hybridized carbons (Fsp3) is 1.00. The molecule has 4 saturated carbocycles. The molecule has 0 aromatic carbocycles. The first kappa shape index (κ1) is 13.6. The van der Waals surface area contributed by atoms with Crippen molar-refractivity contribution in [2.45, 2.75) is 84.2 Å². The maximum absolute atomic E-state index is 10.8. The van der Waals surface area contributed by atoms with Gasteiger partial charge in [0.15, 0.2) is 0 Å². The molecule has 1 nitrogen and oxygen atoms in total. The van der Waals surface area contributed by atoms with Crippen molar-refractivity contribution < 1.29 is 5.11 Å². The van der Waals surface area contributed by atoms with Crippen LogP contribution in [0.2, 0.25) is 0 Å². The third-order valence-corrected chi connectivity index (χ3v) is 8.49. The van der Waals surface area contributed by atoms with Gasteiger partial charge in [-0.05, 0) is 85.9 Å². The Kier molecular flexibility index (Phi) is 3.05. The smallest absolute Gasteiger partial charge is 0.0599 e. The molecule has 4 rings (SSSR count). The largest absolute Gasteiger partial charge is 0.393 e. The van der Waals surface area contributed by atoms with Gasteiger partial charge in [-0.2, -0.15) is 0 Å². The van der Waals surface area contributed by atoms with Crippen molar-refractivity contribution in [1.29, 1.82) is 0 Å². The third-order valence-electron chi connectivity index (χ3n) is 8.49. The van der Waals surface area contributed by atoms with E-state index in [0.717, 1.165) is 30.1 Å². The summed E-state index contributed by atoms with van der Waals surface area (Å²) in [6.07, 6.45) is 13.8. The van der Waals surface area contributed by atoms with Crippen LogP contribution in [0.25, 0.3) is 0 Å². The van der Waals surface area contributed by atoms with Gasteiger partial charge in [-0.15, -0.1) is 0 Å². The Morgan fingerprint density at radius 2 is 1.65 bits per heavy atom. The topological polar surface area (TPSA) is 20.2 Å². The van der Waals surface area contributed by atoms with Crippen LogP contribution in [0.15, 0.2) is 0 Å². The van der Waals surface area contributed by atoms with Gasteiger partial charge < -0.3 is 5.11 Å². The number of aliphatic hydroxyl groups excluding tert-OH is 1. The number of hydrogen-bond acceptors (Lipinski definition) is 1. The summed E-state index contributed by atoms with van der Waals surface area (Å²) in [6.45, 7) is 5.04. The van der Waals surface area contributed by atoms with E-state index in [1.807, 2.05) is 0 Å². The minimum absolute atomic E-state index is 0.0141. The van der Waals surface area contributed by atoms with E-state index >= 15 is 0 Å². The molecule has 1 N–H and O–H groups in total. The Balaban J connectivity index is 1.67. The summed E-state index contributed by atoms with van der Waals surface area (Å²) in [5.41, 5.74) is 0.912. The quantitative estimate of drug-likeness (QED) is 0.675. The Morgan fingerprint density at radius 1 is 0.800 bits per heavy atom. The van der Waals surface area contributed by atoms with E-state index in [1.54, 1.807) is 0 Å². The van der Waals surface area contributed by atoms with Gasteiger partial charge in [0.05, 0.1) is 6.10 Å². The van der Waals surface area contributed by atoms with Gasteiger partial charge in [-0.1, -0.05) is 26.7 Å². The number of fused-ring (bicyclic) bond motifs is 5. The molecular weight excluding hydrogens is 244 g/mol. The molecule has 4 aliphatic rings. The molecule has 0 amide bonds. The van der Waals surface area contributed by atoms with Gasteiger partial charge in [0.2, 0.25) is 0 Å². The summed E-state index contributed by atoms with van der Waals surface area (Å²) >= 11 is 0. The molecule has 4 fully saturated rings. The van der Waals surface area contributed by atoms with Crippen molar-refractivity contribution in [3.8, 4) is 0 Å². The molecule has 20 heavy (non-hydrogen) atoms. The number of aliphatic hydroxyl groups is 1. The molecule has 4 aliphatic carbocycles. The lowest BCUT2D eigenvalue weighted by molar-refractivity contribution is -0.159. The highest BCUT2D eigenvalue weighted by Crippen LogP contribution is 2.66. The average molecular weight is 276 g/mol. The predicted octanol–water partition coefficient (Wildman–Crippen LogP) is 4.78. The lowest BCUT2D eigenvalue weighted by Gasteiger charge is -2.61. The standard InChI is InChI=1S/C19H32O/c1-18-11-4-6-15(18)14-9-8-13-5-3-7-17(20)19(13,2)16(14)10-12-18/h13-17,20H,3-12H2,1-2H3/t13?,14-,15-,16-,17+,18-,19-/m0/s1. The second-order valence-electron chi connectivity index (χ2n) is 9.05. The molecule has 1 unspecified atom stereocenters. The SMILES string of the molecule is C[C@@]12CCC[C@H]1[C@@H]1CCC3CCC[C@@H](O)[C@]3(C)[C@H]1CC2. The molecule has 1 heteroatoms. The maximum Gasteiger partial charge on any atom is 0.0599 e. The van der Waals surface area contributed by atoms with Crippen molar-refractivity contribution in [2.24, 2.45) is 34.5 Å². The predicted molar refractivity (Wildman–Crippen MR) is 82.4 cm³/mol. The molecular formula is C19H32O. The van der Waals surface area contributed by atoms with Crippen LogP contribution < -0.4 is 0 Å². The van der Waals surface area contributed by atoms with Gasteiger partial charge in [-0.25, -0.2) is 0 Å². The first-order valence-corrected chi connectivity index (χ1v) is 9.24. The van der Waals surface area contributed by atoms with E-state index < -0.39 is 0 Å². The highest BCUT2D eigenvalue weighted by molar-refractivity contribution is 5.08. The van der Waals surface area contributed by atoms with Gasteiger partial charge in [0.1, 0.15) is 0 Å². The van der Waals surface area contributed by atoms with Crippen molar-refractivity contribution in [3.05, 3.63) is 0 Å². The number of hydrogen-bond donors (Lipinski definition) is 1. The van der Waals surface area contributed by atoms with Crippen LogP contribution in [0.1, 0.15) is 78.1 Å². The van der Waals surface area contributed by atoms with Crippen LogP contribution in [-0.2, 0) is 0 Å².